The molecular formula is C8H14I2. The van der Waals surface area contributed by atoms with Crippen LogP contribution in [0.4, 0.5) is 0 Å². The molecule has 0 aliphatic heterocycles. The molecule has 0 aromatic rings. The SMILES string of the molecule is CC1(C)CC[C@@H](CI)[C@@H]1I. The Kier molecular flexibility index (Phi) is 3.30. The first-order chi connectivity index (χ1) is 4.58. The van der Waals surface area contributed by atoms with Gasteiger partial charge in [0.2, 0.25) is 0 Å². The summed E-state index contributed by atoms with van der Waals surface area (Å²) >= 11 is 5.15. The van der Waals surface area contributed by atoms with E-state index in [0.717, 1.165) is 9.84 Å². The molecule has 1 rings (SSSR count). The van der Waals surface area contributed by atoms with Crippen LogP contribution in [-0.2, 0) is 0 Å². The van der Waals surface area contributed by atoms with E-state index in [2.05, 4.69) is 59.0 Å². The average Bonchev–Trinajstić information content (AvgIpc) is 2.10. The average molecular weight is 364 g/mol. The van der Waals surface area contributed by atoms with E-state index in [1.807, 2.05) is 0 Å². The molecule has 0 radical (unpaired) electrons. The summed E-state index contributed by atoms with van der Waals surface area (Å²) in [6.07, 6.45) is 2.87. The molecule has 2 heteroatoms. The van der Waals surface area contributed by atoms with Gasteiger partial charge in [0.05, 0.1) is 0 Å². The smallest absolute Gasteiger partial charge is 0.0196 e. The van der Waals surface area contributed by atoms with E-state index in [1.54, 1.807) is 0 Å². The lowest BCUT2D eigenvalue weighted by molar-refractivity contribution is 0.393. The van der Waals surface area contributed by atoms with E-state index < -0.39 is 0 Å². The van der Waals surface area contributed by atoms with Gasteiger partial charge in [0.25, 0.3) is 0 Å². The first kappa shape index (κ1) is 9.55. The molecule has 1 aliphatic rings. The molecule has 60 valence electrons. The fourth-order valence-corrected chi connectivity index (χ4v) is 4.48. The highest BCUT2D eigenvalue weighted by Crippen LogP contribution is 2.46. The van der Waals surface area contributed by atoms with Crippen molar-refractivity contribution in [3.05, 3.63) is 0 Å². The van der Waals surface area contributed by atoms with Crippen LogP contribution in [0.25, 0.3) is 0 Å². The Morgan fingerprint density at radius 1 is 1.50 bits per heavy atom. The number of hydrogen-bond donors (Lipinski definition) is 0. The monoisotopic (exact) mass is 364 g/mol. The van der Waals surface area contributed by atoms with Gasteiger partial charge in [-0.1, -0.05) is 59.0 Å². The van der Waals surface area contributed by atoms with Crippen molar-refractivity contribution in [3.8, 4) is 0 Å². The molecule has 0 amide bonds. The van der Waals surface area contributed by atoms with Gasteiger partial charge in [-0.2, -0.15) is 0 Å². The van der Waals surface area contributed by atoms with Gasteiger partial charge in [0.1, 0.15) is 0 Å². The molecule has 0 aromatic carbocycles. The third-order valence-electron chi connectivity index (χ3n) is 2.52. The second kappa shape index (κ2) is 3.46. The highest BCUT2D eigenvalue weighted by Gasteiger charge is 2.39. The van der Waals surface area contributed by atoms with E-state index in [1.165, 1.54) is 17.3 Å². The molecule has 1 aliphatic carbocycles. The van der Waals surface area contributed by atoms with Crippen molar-refractivity contribution in [1.82, 2.24) is 0 Å². The summed E-state index contributed by atoms with van der Waals surface area (Å²) in [5, 5.41) is 0. The highest BCUT2D eigenvalue weighted by molar-refractivity contribution is 14.1. The van der Waals surface area contributed by atoms with Gasteiger partial charge in [-0.05, 0) is 24.2 Å². The van der Waals surface area contributed by atoms with Crippen LogP contribution in [0.2, 0.25) is 0 Å². The molecule has 1 fully saturated rings. The summed E-state index contributed by atoms with van der Waals surface area (Å²) < 4.78 is 2.25. The molecule has 0 aromatic heterocycles. The fraction of sp³-hybridized carbons (Fsp3) is 1.00. The largest absolute Gasteiger partial charge is 0.0860 e. The minimum atomic E-state index is 0.608. The first-order valence-corrected chi connectivity index (χ1v) is 6.55. The molecule has 0 unspecified atom stereocenters. The van der Waals surface area contributed by atoms with E-state index in [-0.39, 0.29) is 0 Å². The molecule has 0 spiro atoms. The van der Waals surface area contributed by atoms with Crippen LogP contribution < -0.4 is 0 Å². The normalized spacial score (nSPS) is 38.4. The Morgan fingerprint density at radius 2 is 2.10 bits per heavy atom. The summed E-state index contributed by atoms with van der Waals surface area (Å²) in [6.45, 7) is 4.80. The molecule has 1 saturated carbocycles. The van der Waals surface area contributed by atoms with Crippen LogP contribution >= 0.6 is 45.2 Å². The zero-order valence-corrected chi connectivity index (χ0v) is 10.8. The van der Waals surface area contributed by atoms with Crippen molar-refractivity contribution in [2.45, 2.75) is 30.6 Å². The first-order valence-electron chi connectivity index (χ1n) is 3.78. The number of rotatable bonds is 1. The zero-order chi connectivity index (χ0) is 7.78. The maximum absolute atomic E-state index is 2.63. The quantitative estimate of drug-likeness (QED) is 0.492. The van der Waals surface area contributed by atoms with E-state index in [0.29, 0.717) is 5.41 Å². The summed E-state index contributed by atoms with van der Waals surface area (Å²) in [4.78, 5) is 0. The predicted molar refractivity (Wildman–Crippen MR) is 63.2 cm³/mol. The van der Waals surface area contributed by atoms with Gasteiger partial charge >= 0.3 is 0 Å². The highest BCUT2D eigenvalue weighted by atomic mass is 127. The standard InChI is InChI=1S/C8H14I2/c1-8(2)4-3-6(5-9)7(8)10/h6-7H,3-5H2,1-2H3/t6-,7-/m0/s1. The van der Waals surface area contributed by atoms with Crippen LogP contribution in [0.1, 0.15) is 26.7 Å². The zero-order valence-electron chi connectivity index (χ0n) is 6.53. The van der Waals surface area contributed by atoms with Crippen LogP contribution in [-0.4, -0.2) is 8.35 Å². The Labute approximate surface area is 90.8 Å². The van der Waals surface area contributed by atoms with Crippen molar-refractivity contribution < 1.29 is 0 Å². The molecule has 0 N–H and O–H groups in total. The lowest BCUT2D eigenvalue weighted by atomic mass is 9.91. The second-order valence-corrected chi connectivity index (χ2v) is 6.07. The Morgan fingerprint density at radius 3 is 2.30 bits per heavy atom. The topological polar surface area (TPSA) is 0 Å². The molecule has 0 nitrogen and oxygen atoms in total. The van der Waals surface area contributed by atoms with Gasteiger partial charge < -0.3 is 0 Å². The third-order valence-corrected chi connectivity index (χ3v) is 6.35. The molecule has 0 bridgehead atoms. The van der Waals surface area contributed by atoms with Crippen molar-refractivity contribution in [2.24, 2.45) is 11.3 Å². The summed E-state index contributed by atoms with van der Waals surface area (Å²) in [5.74, 6) is 0.983. The van der Waals surface area contributed by atoms with Gasteiger partial charge in [0, 0.05) is 8.35 Å². The van der Waals surface area contributed by atoms with Crippen LogP contribution in [0, 0.1) is 11.3 Å². The molecular weight excluding hydrogens is 350 g/mol. The van der Waals surface area contributed by atoms with E-state index in [9.17, 15) is 0 Å². The Balaban J connectivity index is 2.58. The van der Waals surface area contributed by atoms with E-state index in [4.69, 9.17) is 0 Å². The molecule has 10 heavy (non-hydrogen) atoms. The van der Waals surface area contributed by atoms with Gasteiger partial charge in [-0.15, -0.1) is 0 Å². The predicted octanol–water partition coefficient (Wildman–Crippen LogP) is 3.66. The second-order valence-electron chi connectivity index (χ2n) is 3.84. The maximum Gasteiger partial charge on any atom is 0.0196 e. The number of hydrogen-bond acceptors (Lipinski definition) is 0. The minimum absolute atomic E-state index is 0.608. The van der Waals surface area contributed by atoms with E-state index >= 15 is 0 Å². The van der Waals surface area contributed by atoms with Crippen LogP contribution in [0.5, 0.6) is 0 Å². The summed E-state index contributed by atoms with van der Waals surface area (Å²) in [5.41, 5.74) is 0.608. The number of alkyl halides is 2. The van der Waals surface area contributed by atoms with Crippen molar-refractivity contribution in [1.29, 1.82) is 0 Å². The summed E-state index contributed by atoms with van der Waals surface area (Å²) in [6, 6.07) is 0. The number of halogens is 2. The lowest BCUT2D eigenvalue weighted by Crippen LogP contribution is -2.22. The van der Waals surface area contributed by atoms with Crippen molar-refractivity contribution in [3.63, 3.8) is 0 Å². The van der Waals surface area contributed by atoms with Crippen LogP contribution in [0.3, 0.4) is 0 Å². The van der Waals surface area contributed by atoms with Crippen LogP contribution in [0.15, 0.2) is 0 Å². The molecule has 0 heterocycles. The van der Waals surface area contributed by atoms with Gasteiger partial charge in [-0.3, -0.25) is 0 Å². The Bertz CT molecular complexity index is 120. The minimum Gasteiger partial charge on any atom is -0.0860 e. The Hall–Kier alpha value is 1.46. The lowest BCUT2D eigenvalue weighted by Gasteiger charge is -2.24. The van der Waals surface area contributed by atoms with Gasteiger partial charge in [0.15, 0.2) is 0 Å². The molecule has 0 saturated heterocycles. The van der Waals surface area contributed by atoms with Crippen molar-refractivity contribution in [2.75, 3.05) is 4.43 Å². The fourth-order valence-electron chi connectivity index (χ4n) is 1.64. The maximum atomic E-state index is 2.63. The van der Waals surface area contributed by atoms with Gasteiger partial charge in [-0.25, -0.2) is 0 Å². The summed E-state index contributed by atoms with van der Waals surface area (Å²) in [7, 11) is 0. The molecule has 2 atom stereocenters. The van der Waals surface area contributed by atoms with Crippen molar-refractivity contribution >= 4 is 45.2 Å². The third kappa shape index (κ3) is 1.79.